The highest BCUT2D eigenvalue weighted by atomic mass is 35.5. The highest BCUT2D eigenvalue weighted by molar-refractivity contribution is 6.31. The molecular weight excluding hydrogens is 289 g/mol. The molecular formula is C17H19ClFNO. The lowest BCUT2D eigenvalue weighted by Gasteiger charge is -2.14. The van der Waals surface area contributed by atoms with Gasteiger partial charge in [0.15, 0.2) is 0 Å². The Hall–Kier alpha value is -1.58. The smallest absolute Gasteiger partial charge is 0.141 e. The highest BCUT2D eigenvalue weighted by Gasteiger charge is 2.09. The maximum absolute atomic E-state index is 13.1. The van der Waals surface area contributed by atoms with E-state index >= 15 is 0 Å². The molecule has 2 nitrogen and oxygen atoms in total. The Morgan fingerprint density at radius 3 is 2.29 bits per heavy atom. The maximum Gasteiger partial charge on any atom is 0.141 e. The monoisotopic (exact) mass is 307 g/mol. The summed E-state index contributed by atoms with van der Waals surface area (Å²) in [6, 6.07) is 12.3. The SMILES string of the molecule is CC(C)c1ccc(C(O)CNc2ccc(F)c(Cl)c2)cc1. The molecule has 0 fully saturated rings. The molecule has 0 bridgehead atoms. The Morgan fingerprint density at radius 2 is 1.71 bits per heavy atom. The number of aliphatic hydroxyl groups excluding tert-OH is 1. The van der Waals surface area contributed by atoms with Gasteiger partial charge in [-0.15, -0.1) is 0 Å². The lowest BCUT2D eigenvalue weighted by Crippen LogP contribution is -2.12. The van der Waals surface area contributed by atoms with Crippen LogP contribution in [0.3, 0.4) is 0 Å². The number of nitrogens with one attached hydrogen (secondary N) is 1. The summed E-state index contributed by atoms with van der Waals surface area (Å²) >= 11 is 5.72. The number of benzene rings is 2. The van der Waals surface area contributed by atoms with Crippen LogP contribution in [-0.2, 0) is 0 Å². The first-order valence-electron chi connectivity index (χ1n) is 6.94. The molecule has 0 aromatic heterocycles. The van der Waals surface area contributed by atoms with E-state index in [1.807, 2.05) is 24.3 Å². The Bertz CT molecular complexity index is 598. The number of rotatable bonds is 5. The van der Waals surface area contributed by atoms with Crippen LogP contribution >= 0.6 is 11.6 Å². The second-order valence-electron chi connectivity index (χ2n) is 5.35. The highest BCUT2D eigenvalue weighted by Crippen LogP contribution is 2.22. The zero-order valence-corrected chi connectivity index (χ0v) is 12.9. The van der Waals surface area contributed by atoms with Crippen molar-refractivity contribution >= 4 is 17.3 Å². The molecule has 0 radical (unpaired) electrons. The summed E-state index contributed by atoms with van der Waals surface area (Å²) in [6.07, 6.45) is -0.630. The molecule has 0 aliphatic rings. The number of aliphatic hydroxyl groups is 1. The molecule has 0 aliphatic carbocycles. The summed E-state index contributed by atoms with van der Waals surface area (Å²) in [5.74, 6) is 0.0164. The van der Waals surface area contributed by atoms with Crippen LogP contribution in [0.15, 0.2) is 42.5 Å². The van der Waals surface area contributed by atoms with Crippen molar-refractivity contribution in [2.75, 3.05) is 11.9 Å². The van der Waals surface area contributed by atoms with E-state index in [0.29, 0.717) is 18.2 Å². The van der Waals surface area contributed by atoms with Gasteiger partial charge in [0.1, 0.15) is 5.82 Å². The molecule has 0 heterocycles. The third-order valence-electron chi connectivity index (χ3n) is 3.41. The minimum Gasteiger partial charge on any atom is -0.387 e. The molecule has 1 atom stereocenters. The summed E-state index contributed by atoms with van der Waals surface area (Å²) in [6.45, 7) is 4.60. The number of hydrogen-bond donors (Lipinski definition) is 2. The van der Waals surface area contributed by atoms with Crippen molar-refractivity contribution in [3.63, 3.8) is 0 Å². The van der Waals surface area contributed by atoms with Gasteiger partial charge in [0.05, 0.1) is 11.1 Å². The van der Waals surface area contributed by atoms with Gasteiger partial charge >= 0.3 is 0 Å². The standard InChI is InChI=1S/C17H19ClFNO/c1-11(2)12-3-5-13(6-4-12)17(21)10-20-14-7-8-16(19)15(18)9-14/h3-9,11,17,20-21H,10H2,1-2H3. The molecule has 2 rings (SSSR count). The van der Waals surface area contributed by atoms with E-state index in [2.05, 4.69) is 19.2 Å². The normalized spacial score (nSPS) is 12.5. The van der Waals surface area contributed by atoms with Gasteiger partial charge in [0, 0.05) is 12.2 Å². The van der Waals surface area contributed by atoms with Crippen molar-refractivity contribution in [1.29, 1.82) is 0 Å². The van der Waals surface area contributed by atoms with Crippen molar-refractivity contribution in [2.24, 2.45) is 0 Å². The van der Waals surface area contributed by atoms with Gasteiger partial charge in [-0.25, -0.2) is 4.39 Å². The lowest BCUT2D eigenvalue weighted by atomic mass is 10.00. The Morgan fingerprint density at radius 1 is 1.10 bits per heavy atom. The van der Waals surface area contributed by atoms with E-state index in [0.717, 1.165) is 5.56 Å². The van der Waals surface area contributed by atoms with Gasteiger partial charge in [0.2, 0.25) is 0 Å². The molecule has 1 unspecified atom stereocenters. The average Bonchev–Trinajstić information content (AvgIpc) is 2.48. The van der Waals surface area contributed by atoms with Gasteiger partial charge in [-0.05, 0) is 35.2 Å². The summed E-state index contributed by atoms with van der Waals surface area (Å²) in [5.41, 5.74) is 2.77. The maximum atomic E-state index is 13.1. The molecule has 4 heteroatoms. The first-order valence-corrected chi connectivity index (χ1v) is 7.32. The van der Waals surface area contributed by atoms with Crippen LogP contribution in [0.1, 0.15) is 37.0 Å². The fourth-order valence-electron chi connectivity index (χ4n) is 2.04. The minimum atomic E-state index is -0.630. The van der Waals surface area contributed by atoms with E-state index in [1.54, 1.807) is 6.07 Å². The van der Waals surface area contributed by atoms with Crippen molar-refractivity contribution in [3.8, 4) is 0 Å². The second-order valence-corrected chi connectivity index (χ2v) is 5.75. The van der Waals surface area contributed by atoms with Crippen molar-refractivity contribution in [1.82, 2.24) is 0 Å². The predicted molar refractivity (Wildman–Crippen MR) is 85.4 cm³/mol. The second kappa shape index (κ2) is 6.92. The molecule has 112 valence electrons. The zero-order chi connectivity index (χ0) is 15.4. The first-order chi connectivity index (χ1) is 9.97. The van der Waals surface area contributed by atoms with Crippen LogP contribution < -0.4 is 5.32 Å². The molecule has 0 aliphatic heterocycles. The van der Waals surface area contributed by atoms with Crippen LogP contribution in [0.2, 0.25) is 5.02 Å². The van der Waals surface area contributed by atoms with Gasteiger partial charge in [0.25, 0.3) is 0 Å². The van der Waals surface area contributed by atoms with E-state index < -0.39 is 11.9 Å². The third-order valence-corrected chi connectivity index (χ3v) is 3.70. The molecule has 0 amide bonds. The van der Waals surface area contributed by atoms with E-state index in [1.165, 1.54) is 17.7 Å². The molecule has 0 saturated carbocycles. The van der Waals surface area contributed by atoms with Crippen molar-refractivity contribution in [3.05, 3.63) is 64.4 Å². The number of hydrogen-bond acceptors (Lipinski definition) is 2. The van der Waals surface area contributed by atoms with Crippen molar-refractivity contribution in [2.45, 2.75) is 25.9 Å². The van der Waals surface area contributed by atoms with E-state index in [9.17, 15) is 9.50 Å². The van der Waals surface area contributed by atoms with Crippen LogP contribution in [0.4, 0.5) is 10.1 Å². The van der Waals surface area contributed by atoms with Gasteiger partial charge < -0.3 is 10.4 Å². The Kier molecular flexibility index (Phi) is 5.21. The topological polar surface area (TPSA) is 32.3 Å². The van der Waals surface area contributed by atoms with E-state index in [-0.39, 0.29) is 5.02 Å². The molecule has 2 N–H and O–H groups in total. The lowest BCUT2D eigenvalue weighted by molar-refractivity contribution is 0.191. The summed E-state index contributed by atoms with van der Waals surface area (Å²) in [5, 5.41) is 13.3. The first kappa shape index (κ1) is 15.8. The summed E-state index contributed by atoms with van der Waals surface area (Å²) < 4.78 is 13.1. The fourth-order valence-corrected chi connectivity index (χ4v) is 2.22. The molecule has 2 aromatic rings. The van der Waals surface area contributed by atoms with Gasteiger partial charge in [-0.3, -0.25) is 0 Å². The van der Waals surface area contributed by atoms with Crippen LogP contribution in [0.5, 0.6) is 0 Å². The van der Waals surface area contributed by atoms with Crippen LogP contribution in [0.25, 0.3) is 0 Å². The van der Waals surface area contributed by atoms with Gasteiger partial charge in [-0.1, -0.05) is 49.7 Å². The molecule has 0 spiro atoms. The molecule has 2 aromatic carbocycles. The van der Waals surface area contributed by atoms with Crippen molar-refractivity contribution < 1.29 is 9.50 Å². The summed E-state index contributed by atoms with van der Waals surface area (Å²) in [7, 11) is 0. The predicted octanol–water partition coefficient (Wildman–Crippen LogP) is 4.75. The molecule has 21 heavy (non-hydrogen) atoms. The Balaban J connectivity index is 1.97. The van der Waals surface area contributed by atoms with Crippen LogP contribution in [0, 0.1) is 5.82 Å². The minimum absolute atomic E-state index is 0.0655. The van der Waals surface area contributed by atoms with Gasteiger partial charge in [-0.2, -0.15) is 0 Å². The average molecular weight is 308 g/mol. The number of anilines is 1. The quantitative estimate of drug-likeness (QED) is 0.835. The number of halogens is 2. The third kappa shape index (κ3) is 4.19. The Labute approximate surface area is 129 Å². The van der Waals surface area contributed by atoms with Crippen LogP contribution in [-0.4, -0.2) is 11.7 Å². The molecule has 0 saturated heterocycles. The summed E-state index contributed by atoms with van der Waals surface area (Å²) in [4.78, 5) is 0. The van der Waals surface area contributed by atoms with E-state index in [4.69, 9.17) is 11.6 Å². The zero-order valence-electron chi connectivity index (χ0n) is 12.1. The largest absolute Gasteiger partial charge is 0.387 e. The fraction of sp³-hybridized carbons (Fsp3) is 0.294.